The molecule has 0 aliphatic carbocycles. The summed E-state index contributed by atoms with van der Waals surface area (Å²) in [5.74, 6) is 0.0249. The second-order valence-electron chi connectivity index (χ2n) is 4.71. The van der Waals surface area contributed by atoms with Crippen LogP contribution < -0.4 is 4.74 Å². The molecule has 0 amide bonds. The average Bonchev–Trinajstić information content (AvgIpc) is 2.06. The summed E-state index contributed by atoms with van der Waals surface area (Å²) in [7, 11) is 1.49. The maximum Gasteiger partial charge on any atom is 0.165 e. The van der Waals surface area contributed by atoms with Crippen molar-refractivity contribution in [2.75, 3.05) is 7.11 Å². The third-order valence-corrected chi connectivity index (χ3v) is 1.95. The van der Waals surface area contributed by atoms with Gasteiger partial charge in [0.1, 0.15) is 0 Å². The second kappa shape index (κ2) is 3.99. The first kappa shape index (κ1) is 11.0. The Kier molecular flexibility index (Phi) is 3.14. The van der Waals surface area contributed by atoms with Crippen LogP contribution >= 0.6 is 0 Å². The molecule has 0 atom stereocenters. The molecule has 2 heteroatoms. The van der Waals surface area contributed by atoms with E-state index in [1.165, 1.54) is 13.2 Å². The smallest absolute Gasteiger partial charge is 0.165 e. The molecule has 14 heavy (non-hydrogen) atoms. The largest absolute Gasteiger partial charge is 0.494 e. The molecule has 0 radical (unpaired) electrons. The van der Waals surface area contributed by atoms with E-state index in [0.717, 1.165) is 12.0 Å². The van der Waals surface area contributed by atoms with Crippen LogP contribution in [0, 0.1) is 11.2 Å². The molecule has 0 N–H and O–H groups in total. The van der Waals surface area contributed by atoms with Crippen LogP contribution in [0.4, 0.5) is 4.39 Å². The summed E-state index contributed by atoms with van der Waals surface area (Å²) in [6.07, 6.45) is 0.920. The van der Waals surface area contributed by atoms with Gasteiger partial charge in [-0.1, -0.05) is 26.8 Å². The van der Waals surface area contributed by atoms with E-state index in [0.29, 0.717) is 5.75 Å². The number of ether oxygens (including phenoxy) is 1. The lowest BCUT2D eigenvalue weighted by Gasteiger charge is -2.18. The summed E-state index contributed by atoms with van der Waals surface area (Å²) < 4.78 is 18.0. The molecule has 1 rings (SSSR count). The number of hydrogen-bond acceptors (Lipinski definition) is 1. The molecule has 0 bridgehead atoms. The summed E-state index contributed by atoms with van der Waals surface area (Å²) in [4.78, 5) is 0. The molecular formula is C12H17FO. The summed E-state index contributed by atoms with van der Waals surface area (Å²) in [6.45, 7) is 6.47. The van der Waals surface area contributed by atoms with Gasteiger partial charge in [0.15, 0.2) is 11.6 Å². The van der Waals surface area contributed by atoms with Gasteiger partial charge in [0.2, 0.25) is 0 Å². The van der Waals surface area contributed by atoms with Crippen molar-refractivity contribution in [2.45, 2.75) is 27.2 Å². The number of rotatable bonds is 2. The first-order valence-corrected chi connectivity index (χ1v) is 4.75. The maximum absolute atomic E-state index is 13.1. The first-order chi connectivity index (χ1) is 6.42. The van der Waals surface area contributed by atoms with Crippen LogP contribution in [0.5, 0.6) is 5.75 Å². The minimum Gasteiger partial charge on any atom is -0.494 e. The lowest BCUT2D eigenvalue weighted by atomic mass is 9.88. The predicted octanol–water partition coefficient (Wildman–Crippen LogP) is 3.42. The van der Waals surface area contributed by atoms with Gasteiger partial charge in [-0.2, -0.15) is 0 Å². The molecule has 0 saturated carbocycles. The van der Waals surface area contributed by atoms with Gasteiger partial charge in [-0.25, -0.2) is 4.39 Å². The molecule has 0 aliphatic rings. The number of benzene rings is 1. The Morgan fingerprint density at radius 2 is 1.93 bits per heavy atom. The van der Waals surface area contributed by atoms with Gasteiger partial charge in [0, 0.05) is 0 Å². The van der Waals surface area contributed by atoms with Gasteiger partial charge in [-0.3, -0.25) is 0 Å². The number of hydrogen-bond donors (Lipinski definition) is 0. The molecular weight excluding hydrogens is 179 g/mol. The van der Waals surface area contributed by atoms with E-state index < -0.39 is 0 Å². The Balaban J connectivity index is 2.90. The molecule has 0 heterocycles. The summed E-state index contributed by atoms with van der Waals surface area (Å²) in [5.41, 5.74) is 1.32. The average molecular weight is 196 g/mol. The van der Waals surface area contributed by atoms with E-state index in [1.807, 2.05) is 6.07 Å². The van der Waals surface area contributed by atoms with Gasteiger partial charge in [-0.05, 0) is 29.5 Å². The molecule has 0 spiro atoms. The van der Waals surface area contributed by atoms with E-state index in [1.54, 1.807) is 6.07 Å². The molecule has 78 valence electrons. The first-order valence-electron chi connectivity index (χ1n) is 4.75. The highest BCUT2D eigenvalue weighted by Gasteiger charge is 2.12. The number of halogens is 1. The Morgan fingerprint density at radius 3 is 2.43 bits per heavy atom. The molecule has 0 aliphatic heterocycles. The third-order valence-electron chi connectivity index (χ3n) is 1.95. The zero-order valence-corrected chi connectivity index (χ0v) is 9.23. The molecule has 0 aromatic heterocycles. The Morgan fingerprint density at radius 1 is 1.29 bits per heavy atom. The monoisotopic (exact) mass is 196 g/mol. The van der Waals surface area contributed by atoms with Crippen LogP contribution in [0.25, 0.3) is 0 Å². The zero-order valence-electron chi connectivity index (χ0n) is 9.23. The van der Waals surface area contributed by atoms with Gasteiger partial charge >= 0.3 is 0 Å². The van der Waals surface area contributed by atoms with Crippen molar-refractivity contribution in [1.82, 2.24) is 0 Å². The molecule has 0 fully saturated rings. The van der Waals surface area contributed by atoms with Crippen LogP contribution in [-0.2, 0) is 6.42 Å². The quantitative estimate of drug-likeness (QED) is 0.704. The van der Waals surface area contributed by atoms with Gasteiger partial charge in [-0.15, -0.1) is 0 Å². The molecule has 1 nitrogen and oxygen atoms in total. The highest BCUT2D eigenvalue weighted by molar-refractivity contribution is 5.30. The lowest BCUT2D eigenvalue weighted by molar-refractivity contribution is 0.381. The van der Waals surface area contributed by atoms with Crippen molar-refractivity contribution in [3.63, 3.8) is 0 Å². The van der Waals surface area contributed by atoms with Gasteiger partial charge in [0.25, 0.3) is 0 Å². The Labute approximate surface area is 84.9 Å². The maximum atomic E-state index is 13.1. The van der Waals surface area contributed by atoms with Crippen molar-refractivity contribution < 1.29 is 9.13 Å². The van der Waals surface area contributed by atoms with Crippen molar-refractivity contribution in [2.24, 2.45) is 5.41 Å². The number of methoxy groups -OCH3 is 1. The van der Waals surface area contributed by atoms with Crippen molar-refractivity contribution in [3.8, 4) is 5.75 Å². The third kappa shape index (κ3) is 3.02. The minimum absolute atomic E-state index is 0.211. The summed E-state index contributed by atoms with van der Waals surface area (Å²) in [6, 6.07) is 5.03. The topological polar surface area (TPSA) is 9.23 Å². The molecule has 1 aromatic carbocycles. The van der Waals surface area contributed by atoms with Crippen LogP contribution in [0.3, 0.4) is 0 Å². The normalized spacial score (nSPS) is 11.5. The summed E-state index contributed by atoms with van der Waals surface area (Å²) >= 11 is 0. The Hall–Kier alpha value is -1.05. The van der Waals surface area contributed by atoms with Gasteiger partial charge < -0.3 is 4.74 Å². The van der Waals surface area contributed by atoms with E-state index in [-0.39, 0.29) is 11.2 Å². The van der Waals surface area contributed by atoms with E-state index >= 15 is 0 Å². The van der Waals surface area contributed by atoms with Crippen LogP contribution in [0.15, 0.2) is 18.2 Å². The highest BCUT2D eigenvalue weighted by Crippen LogP contribution is 2.24. The van der Waals surface area contributed by atoms with E-state index in [4.69, 9.17) is 4.74 Å². The zero-order chi connectivity index (χ0) is 10.8. The second-order valence-corrected chi connectivity index (χ2v) is 4.71. The van der Waals surface area contributed by atoms with Crippen molar-refractivity contribution >= 4 is 0 Å². The fourth-order valence-electron chi connectivity index (χ4n) is 1.43. The van der Waals surface area contributed by atoms with Gasteiger partial charge in [0.05, 0.1) is 7.11 Å². The highest BCUT2D eigenvalue weighted by atomic mass is 19.1. The Bertz CT molecular complexity index is 313. The molecule has 1 aromatic rings. The van der Waals surface area contributed by atoms with Crippen molar-refractivity contribution in [1.29, 1.82) is 0 Å². The van der Waals surface area contributed by atoms with Crippen LogP contribution in [0.1, 0.15) is 26.3 Å². The minimum atomic E-state index is -0.301. The lowest BCUT2D eigenvalue weighted by Crippen LogP contribution is -2.09. The van der Waals surface area contributed by atoms with E-state index in [9.17, 15) is 4.39 Å². The fraction of sp³-hybridized carbons (Fsp3) is 0.500. The standard InChI is InChI=1S/C12H17FO/c1-12(2,3)8-9-5-6-10(13)11(7-9)14-4/h5-7H,8H2,1-4H3. The van der Waals surface area contributed by atoms with Crippen molar-refractivity contribution in [3.05, 3.63) is 29.6 Å². The molecule has 0 saturated heterocycles. The fourth-order valence-corrected chi connectivity index (χ4v) is 1.43. The van der Waals surface area contributed by atoms with Crippen LogP contribution in [0.2, 0.25) is 0 Å². The summed E-state index contributed by atoms with van der Waals surface area (Å²) in [5, 5.41) is 0. The predicted molar refractivity (Wildman–Crippen MR) is 56.1 cm³/mol. The van der Waals surface area contributed by atoms with E-state index in [2.05, 4.69) is 20.8 Å². The SMILES string of the molecule is COc1cc(CC(C)(C)C)ccc1F. The molecule has 0 unspecified atom stereocenters. The van der Waals surface area contributed by atoms with Crippen LogP contribution in [-0.4, -0.2) is 7.11 Å².